The van der Waals surface area contributed by atoms with E-state index in [4.69, 9.17) is 23.2 Å². The first-order valence-electron chi connectivity index (χ1n) is 5.26. The Hall–Kier alpha value is -1.91. The molecule has 0 fully saturated rings. The number of rotatable bonds is 2. The van der Waals surface area contributed by atoms with E-state index in [9.17, 15) is 15.0 Å². The first-order chi connectivity index (χ1) is 8.99. The summed E-state index contributed by atoms with van der Waals surface area (Å²) in [5.41, 5.74) is 0.118. The quantitative estimate of drug-likeness (QED) is 0.792. The van der Waals surface area contributed by atoms with Gasteiger partial charge in [0, 0.05) is 5.02 Å². The van der Waals surface area contributed by atoms with E-state index in [1.54, 1.807) is 6.07 Å². The van der Waals surface area contributed by atoms with Gasteiger partial charge in [-0.3, -0.25) is 4.79 Å². The third-order valence-corrected chi connectivity index (χ3v) is 2.97. The fourth-order valence-corrected chi connectivity index (χ4v) is 1.99. The van der Waals surface area contributed by atoms with E-state index in [0.29, 0.717) is 10.7 Å². The number of phenols is 2. The number of anilines is 1. The lowest BCUT2D eigenvalue weighted by Gasteiger charge is -2.09. The first-order valence-corrected chi connectivity index (χ1v) is 6.02. The number of halogens is 2. The van der Waals surface area contributed by atoms with Crippen molar-refractivity contribution < 1.29 is 15.0 Å². The largest absolute Gasteiger partial charge is 0.507 e. The summed E-state index contributed by atoms with van der Waals surface area (Å²) in [5, 5.41) is 22.3. The average molecular weight is 298 g/mol. The third kappa shape index (κ3) is 2.92. The Morgan fingerprint density at radius 2 is 1.68 bits per heavy atom. The lowest BCUT2D eigenvalue weighted by molar-refractivity contribution is 0.102. The summed E-state index contributed by atoms with van der Waals surface area (Å²) >= 11 is 11.7. The summed E-state index contributed by atoms with van der Waals surface area (Å²) in [6.45, 7) is 0. The molecule has 2 aromatic carbocycles. The van der Waals surface area contributed by atoms with Crippen molar-refractivity contribution in [3.63, 3.8) is 0 Å². The highest BCUT2D eigenvalue weighted by atomic mass is 35.5. The molecule has 0 spiro atoms. The van der Waals surface area contributed by atoms with Gasteiger partial charge < -0.3 is 15.5 Å². The predicted octanol–water partition coefficient (Wildman–Crippen LogP) is 3.66. The Bertz CT molecular complexity index is 624. The Morgan fingerprint density at radius 3 is 2.26 bits per heavy atom. The molecule has 0 saturated carbocycles. The molecule has 0 aliphatic rings. The van der Waals surface area contributed by atoms with E-state index in [-0.39, 0.29) is 22.1 Å². The maximum Gasteiger partial charge on any atom is 0.263 e. The molecule has 19 heavy (non-hydrogen) atoms. The van der Waals surface area contributed by atoms with Gasteiger partial charge in [0.05, 0.1) is 10.7 Å². The molecule has 0 unspecified atom stereocenters. The molecule has 4 nitrogen and oxygen atoms in total. The average Bonchev–Trinajstić information content (AvgIpc) is 2.32. The van der Waals surface area contributed by atoms with E-state index >= 15 is 0 Å². The Labute approximate surface area is 119 Å². The standard InChI is InChI=1S/C13H9Cl2NO3/c14-7-4-5-9(8(15)6-7)16-13(19)12-10(17)2-1-3-11(12)18/h1-6,17-18H,(H,16,19). The Kier molecular flexibility index (Phi) is 3.83. The van der Waals surface area contributed by atoms with E-state index in [2.05, 4.69) is 5.32 Å². The SMILES string of the molecule is O=C(Nc1ccc(Cl)cc1Cl)c1c(O)cccc1O. The second-order valence-corrected chi connectivity index (χ2v) is 4.59. The number of phenolic OH excluding ortho intramolecular Hbond substituents is 2. The normalized spacial score (nSPS) is 10.2. The maximum absolute atomic E-state index is 12.0. The molecule has 98 valence electrons. The minimum Gasteiger partial charge on any atom is -0.507 e. The molecule has 0 radical (unpaired) electrons. The van der Waals surface area contributed by atoms with Crippen LogP contribution in [-0.4, -0.2) is 16.1 Å². The molecule has 0 saturated heterocycles. The molecule has 1 amide bonds. The number of hydrogen-bond acceptors (Lipinski definition) is 3. The first kappa shape index (κ1) is 13.5. The van der Waals surface area contributed by atoms with Gasteiger partial charge in [-0.25, -0.2) is 0 Å². The molecular formula is C13H9Cl2NO3. The topological polar surface area (TPSA) is 69.6 Å². The molecule has 3 N–H and O–H groups in total. The van der Waals surface area contributed by atoms with Gasteiger partial charge in [0.1, 0.15) is 17.1 Å². The number of hydrogen-bond donors (Lipinski definition) is 3. The van der Waals surface area contributed by atoms with Crippen LogP contribution in [0.15, 0.2) is 36.4 Å². The van der Waals surface area contributed by atoms with Gasteiger partial charge in [-0.2, -0.15) is 0 Å². The molecule has 0 aliphatic carbocycles. The molecule has 0 aromatic heterocycles. The number of carbonyl (C=O) groups is 1. The zero-order chi connectivity index (χ0) is 14.0. The molecule has 0 aliphatic heterocycles. The molecule has 6 heteroatoms. The van der Waals surface area contributed by atoms with Crippen LogP contribution >= 0.6 is 23.2 Å². The Morgan fingerprint density at radius 1 is 1.05 bits per heavy atom. The molecule has 0 bridgehead atoms. The number of amides is 1. The van der Waals surface area contributed by atoms with Crippen LogP contribution < -0.4 is 5.32 Å². The van der Waals surface area contributed by atoms with Crippen molar-refractivity contribution in [2.24, 2.45) is 0 Å². The highest BCUT2D eigenvalue weighted by Crippen LogP contribution is 2.30. The van der Waals surface area contributed by atoms with Gasteiger partial charge in [-0.15, -0.1) is 0 Å². The van der Waals surface area contributed by atoms with Gasteiger partial charge in [0.25, 0.3) is 5.91 Å². The minimum absolute atomic E-state index is 0.214. The number of carbonyl (C=O) groups excluding carboxylic acids is 1. The second kappa shape index (κ2) is 5.38. The molecule has 2 rings (SSSR count). The van der Waals surface area contributed by atoms with E-state index < -0.39 is 5.91 Å². The van der Waals surface area contributed by atoms with Crippen molar-refractivity contribution in [1.29, 1.82) is 0 Å². The van der Waals surface area contributed by atoms with Crippen LogP contribution in [0, 0.1) is 0 Å². The molecule has 0 atom stereocenters. The van der Waals surface area contributed by atoms with Gasteiger partial charge in [-0.1, -0.05) is 29.3 Å². The zero-order valence-electron chi connectivity index (χ0n) is 9.52. The van der Waals surface area contributed by atoms with Crippen molar-refractivity contribution in [1.82, 2.24) is 0 Å². The van der Waals surface area contributed by atoms with Gasteiger partial charge in [-0.05, 0) is 30.3 Å². The van der Waals surface area contributed by atoms with Crippen LogP contribution in [0.5, 0.6) is 11.5 Å². The maximum atomic E-state index is 12.0. The van der Waals surface area contributed by atoms with Crippen molar-refractivity contribution in [2.45, 2.75) is 0 Å². The van der Waals surface area contributed by atoms with Gasteiger partial charge in [0.15, 0.2) is 0 Å². The second-order valence-electron chi connectivity index (χ2n) is 3.75. The lowest BCUT2D eigenvalue weighted by Crippen LogP contribution is -2.12. The van der Waals surface area contributed by atoms with Crippen molar-refractivity contribution in [3.05, 3.63) is 52.0 Å². The van der Waals surface area contributed by atoms with Crippen molar-refractivity contribution >= 4 is 34.8 Å². The van der Waals surface area contributed by atoms with Crippen LogP contribution in [0.2, 0.25) is 10.0 Å². The van der Waals surface area contributed by atoms with Crippen LogP contribution in [0.4, 0.5) is 5.69 Å². The third-order valence-electron chi connectivity index (χ3n) is 2.43. The van der Waals surface area contributed by atoms with Crippen molar-refractivity contribution in [3.8, 4) is 11.5 Å². The smallest absolute Gasteiger partial charge is 0.263 e. The summed E-state index contributed by atoms with van der Waals surface area (Å²) in [6, 6.07) is 8.60. The zero-order valence-corrected chi connectivity index (χ0v) is 11.0. The fourth-order valence-electron chi connectivity index (χ4n) is 1.54. The molecule has 0 heterocycles. The van der Waals surface area contributed by atoms with Gasteiger partial charge in [0.2, 0.25) is 0 Å². The van der Waals surface area contributed by atoms with Crippen LogP contribution in [0.25, 0.3) is 0 Å². The van der Waals surface area contributed by atoms with E-state index in [1.807, 2.05) is 0 Å². The number of nitrogens with one attached hydrogen (secondary N) is 1. The van der Waals surface area contributed by atoms with Crippen molar-refractivity contribution in [2.75, 3.05) is 5.32 Å². The van der Waals surface area contributed by atoms with Crippen LogP contribution in [0.1, 0.15) is 10.4 Å². The Balaban J connectivity index is 2.31. The van der Waals surface area contributed by atoms with E-state index in [1.165, 1.54) is 30.3 Å². The fraction of sp³-hybridized carbons (Fsp3) is 0. The summed E-state index contributed by atoms with van der Waals surface area (Å²) in [5.74, 6) is -1.30. The molecular weight excluding hydrogens is 289 g/mol. The van der Waals surface area contributed by atoms with Gasteiger partial charge >= 0.3 is 0 Å². The van der Waals surface area contributed by atoms with Crippen LogP contribution in [0.3, 0.4) is 0 Å². The minimum atomic E-state index is -0.667. The summed E-state index contributed by atoms with van der Waals surface area (Å²) in [7, 11) is 0. The van der Waals surface area contributed by atoms with Crippen LogP contribution in [-0.2, 0) is 0 Å². The predicted molar refractivity (Wildman–Crippen MR) is 74.2 cm³/mol. The van der Waals surface area contributed by atoms with E-state index in [0.717, 1.165) is 0 Å². The number of benzene rings is 2. The summed E-state index contributed by atoms with van der Waals surface area (Å²) in [4.78, 5) is 12.0. The highest BCUT2D eigenvalue weighted by molar-refractivity contribution is 6.36. The monoisotopic (exact) mass is 297 g/mol. The molecule has 2 aromatic rings. The lowest BCUT2D eigenvalue weighted by atomic mass is 10.1. The summed E-state index contributed by atoms with van der Waals surface area (Å²) < 4.78 is 0. The number of aromatic hydroxyl groups is 2. The highest BCUT2D eigenvalue weighted by Gasteiger charge is 2.17. The summed E-state index contributed by atoms with van der Waals surface area (Å²) in [6.07, 6.45) is 0.